The molecule has 3 amide bonds. The van der Waals surface area contributed by atoms with Gasteiger partial charge in [-0.1, -0.05) is 55.3 Å². The molecule has 1 heterocycles. The van der Waals surface area contributed by atoms with Gasteiger partial charge in [0.2, 0.25) is 5.91 Å². The predicted molar refractivity (Wildman–Crippen MR) is 172 cm³/mol. The molecule has 3 aromatic rings. The molecule has 2 aliphatic rings. The molecule has 236 valence electrons. The first-order chi connectivity index (χ1) is 21.6. The first kappa shape index (κ1) is 32.0. The number of carbonyl (C=O) groups is 4. The predicted octanol–water partition coefficient (Wildman–Crippen LogP) is 5.87. The monoisotopic (exact) mass is 612 g/mol. The summed E-state index contributed by atoms with van der Waals surface area (Å²) >= 11 is 0. The third kappa shape index (κ3) is 8.63. The summed E-state index contributed by atoms with van der Waals surface area (Å²) in [4.78, 5) is 54.9. The first-order valence-corrected chi connectivity index (χ1v) is 15.7. The van der Waals surface area contributed by atoms with Crippen LogP contribution in [0.3, 0.4) is 0 Å². The van der Waals surface area contributed by atoms with E-state index in [-0.39, 0.29) is 47.3 Å². The quantitative estimate of drug-likeness (QED) is 0.279. The maximum Gasteiger partial charge on any atom is 0.319 e. The van der Waals surface area contributed by atoms with Crippen LogP contribution >= 0.6 is 0 Å². The maximum atomic E-state index is 13.6. The molecule has 1 saturated heterocycles. The normalized spacial score (nSPS) is 20.5. The Hall–Kier alpha value is -4.37. The third-order valence-electron chi connectivity index (χ3n) is 8.89. The summed E-state index contributed by atoms with van der Waals surface area (Å²) < 4.78 is 13.6. The number of amides is 3. The Bertz CT molecular complexity index is 1500. The fourth-order valence-corrected chi connectivity index (χ4v) is 6.54. The standard InChI is InChI=1S/C36H41FN4O4/c1-24(42)29-17-30(25(2)43)19-32(18-29)38-36(45)39-34-11-7-6-10-28(34)21-40-22-33(16-26-12-14-31(37)15-13-26)41(35(44)23-40)20-27-8-4-3-5-9-27/h3-5,8-9,12-15,17-19,28,33-34H,6-7,10-11,16,20-23H2,1-2H3,(H2,38,39,45)/t28-,33-,34+/m0/s1. The van der Waals surface area contributed by atoms with Crippen molar-refractivity contribution in [1.82, 2.24) is 15.1 Å². The lowest BCUT2D eigenvalue weighted by Crippen LogP contribution is -2.58. The van der Waals surface area contributed by atoms with Crippen molar-refractivity contribution in [2.24, 2.45) is 5.92 Å². The van der Waals surface area contributed by atoms with Crippen molar-refractivity contribution < 1.29 is 23.6 Å². The molecular formula is C36H41FN4O4. The van der Waals surface area contributed by atoms with E-state index in [2.05, 4.69) is 15.5 Å². The highest BCUT2D eigenvalue weighted by molar-refractivity contribution is 6.02. The van der Waals surface area contributed by atoms with Gasteiger partial charge in [0.15, 0.2) is 11.6 Å². The molecule has 2 fully saturated rings. The number of hydrogen-bond donors (Lipinski definition) is 2. The highest BCUT2D eigenvalue weighted by atomic mass is 19.1. The Morgan fingerprint density at radius 2 is 1.53 bits per heavy atom. The number of anilines is 1. The van der Waals surface area contributed by atoms with Gasteiger partial charge in [0, 0.05) is 48.5 Å². The SMILES string of the molecule is CC(=O)c1cc(NC(=O)N[C@@H]2CCCC[C@H]2CN2CC(=O)N(Cc3ccccc3)[C@@H](Cc3ccc(F)cc3)C2)cc(C(C)=O)c1. The number of ketones is 2. The minimum Gasteiger partial charge on any atom is -0.335 e. The number of nitrogens with zero attached hydrogens (tertiary/aromatic N) is 2. The molecule has 3 aromatic carbocycles. The largest absolute Gasteiger partial charge is 0.335 e. The summed E-state index contributed by atoms with van der Waals surface area (Å²) in [7, 11) is 0. The van der Waals surface area contributed by atoms with E-state index >= 15 is 0 Å². The maximum absolute atomic E-state index is 13.6. The van der Waals surface area contributed by atoms with Crippen LogP contribution in [0.15, 0.2) is 72.8 Å². The highest BCUT2D eigenvalue weighted by Crippen LogP contribution is 2.28. The van der Waals surface area contributed by atoms with Crippen LogP contribution < -0.4 is 10.6 Å². The van der Waals surface area contributed by atoms with Crippen molar-refractivity contribution in [2.75, 3.05) is 25.0 Å². The summed E-state index contributed by atoms with van der Waals surface area (Å²) in [5.74, 6) is -0.454. The topological polar surface area (TPSA) is 98.8 Å². The van der Waals surface area contributed by atoms with Gasteiger partial charge in [0.1, 0.15) is 5.82 Å². The number of hydrogen-bond acceptors (Lipinski definition) is 5. The molecule has 2 N–H and O–H groups in total. The Labute approximate surface area is 264 Å². The molecule has 0 aromatic heterocycles. The van der Waals surface area contributed by atoms with Crippen LogP contribution in [0, 0.1) is 11.7 Å². The fraction of sp³-hybridized carbons (Fsp3) is 0.389. The highest BCUT2D eigenvalue weighted by Gasteiger charge is 2.36. The number of halogens is 1. The molecule has 3 atom stereocenters. The molecule has 0 spiro atoms. The van der Waals surface area contributed by atoms with Gasteiger partial charge in [-0.25, -0.2) is 9.18 Å². The summed E-state index contributed by atoms with van der Waals surface area (Å²) in [5, 5.41) is 5.96. The lowest BCUT2D eigenvalue weighted by molar-refractivity contribution is -0.141. The second-order valence-corrected chi connectivity index (χ2v) is 12.3. The van der Waals surface area contributed by atoms with Crippen LogP contribution in [0.5, 0.6) is 0 Å². The molecule has 1 aliphatic carbocycles. The van der Waals surface area contributed by atoms with E-state index in [0.717, 1.165) is 36.8 Å². The molecule has 1 aliphatic heterocycles. The average Bonchev–Trinajstić information content (AvgIpc) is 3.01. The van der Waals surface area contributed by atoms with E-state index in [1.807, 2.05) is 35.2 Å². The Morgan fingerprint density at radius 1 is 0.867 bits per heavy atom. The van der Waals surface area contributed by atoms with Gasteiger partial charge in [-0.2, -0.15) is 0 Å². The Morgan fingerprint density at radius 3 is 2.20 bits per heavy atom. The fourth-order valence-electron chi connectivity index (χ4n) is 6.54. The van der Waals surface area contributed by atoms with Crippen LogP contribution in [0.1, 0.15) is 71.4 Å². The number of rotatable bonds is 10. The van der Waals surface area contributed by atoms with Gasteiger partial charge in [-0.15, -0.1) is 0 Å². The number of urea groups is 1. The minimum atomic E-state index is -0.389. The molecule has 0 bridgehead atoms. The molecule has 0 unspecified atom stereocenters. The number of carbonyl (C=O) groups excluding carboxylic acids is 4. The minimum absolute atomic E-state index is 0.0573. The van der Waals surface area contributed by atoms with E-state index in [4.69, 9.17) is 0 Å². The first-order valence-electron chi connectivity index (χ1n) is 15.7. The van der Waals surface area contributed by atoms with E-state index in [0.29, 0.717) is 49.4 Å². The van der Waals surface area contributed by atoms with Gasteiger partial charge in [0.05, 0.1) is 6.54 Å². The van der Waals surface area contributed by atoms with Crippen LogP contribution in [0.4, 0.5) is 14.9 Å². The van der Waals surface area contributed by atoms with Crippen molar-refractivity contribution >= 4 is 29.2 Å². The van der Waals surface area contributed by atoms with Crippen LogP contribution in [-0.2, 0) is 17.8 Å². The number of benzene rings is 3. The number of piperazine rings is 1. The molecule has 5 rings (SSSR count). The van der Waals surface area contributed by atoms with E-state index in [9.17, 15) is 23.6 Å². The van der Waals surface area contributed by atoms with Gasteiger partial charge >= 0.3 is 6.03 Å². The zero-order chi connectivity index (χ0) is 31.9. The third-order valence-corrected chi connectivity index (χ3v) is 8.89. The number of Topliss-reactive ketones (excluding diaryl/α,β-unsaturated/α-hetero) is 2. The number of nitrogens with one attached hydrogen (secondary N) is 2. The van der Waals surface area contributed by atoms with E-state index in [1.165, 1.54) is 32.0 Å². The van der Waals surface area contributed by atoms with Gasteiger partial charge in [-0.3, -0.25) is 19.3 Å². The van der Waals surface area contributed by atoms with Gasteiger partial charge < -0.3 is 15.5 Å². The molecule has 8 nitrogen and oxygen atoms in total. The lowest BCUT2D eigenvalue weighted by atomic mass is 9.83. The van der Waals surface area contributed by atoms with E-state index < -0.39 is 0 Å². The van der Waals surface area contributed by atoms with Crippen molar-refractivity contribution in [3.8, 4) is 0 Å². The Balaban J connectivity index is 1.27. The van der Waals surface area contributed by atoms with Crippen LogP contribution in [0.2, 0.25) is 0 Å². The zero-order valence-corrected chi connectivity index (χ0v) is 25.9. The summed E-state index contributed by atoms with van der Waals surface area (Å²) in [6, 6.07) is 20.6. The molecule has 1 saturated carbocycles. The molecule has 0 radical (unpaired) electrons. The van der Waals surface area contributed by atoms with E-state index in [1.54, 1.807) is 24.3 Å². The zero-order valence-electron chi connectivity index (χ0n) is 25.9. The second-order valence-electron chi connectivity index (χ2n) is 12.3. The van der Waals surface area contributed by atoms with Gasteiger partial charge in [0.25, 0.3) is 0 Å². The second kappa shape index (κ2) is 14.6. The molecule has 9 heteroatoms. The van der Waals surface area contributed by atoms with Gasteiger partial charge in [-0.05, 0) is 80.5 Å². The average molecular weight is 613 g/mol. The van der Waals surface area contributed by atoms with Crippen LogP contribution in [-0.4, -0.2) is 65.0 Å². The molecule has 45 heavy (non-hydrogen) atoms. The molecular weight excluding hydrogens is 571 g/mol. The summed E-state index contributed by atoms with van der Waals surface area (Å²) in [6.07, 6.45) is 4.41. The smallest absolute Gasteiger partial charge is 0.319 e. The van der Waals surface area contributed by atoms with Crippen molar-refractivity contribution in [1.29, 1.82) is 0 Å². The van der Waals surface area contributed by atoms with Crippen molar-refractivity contribution in [2.45, 2.75) is 64.6 Å². The summed E-state index contributed by atoms with van der Waals surface area (Å²) in [5.41, 5.74) is 3.15. The van der Waals surface area contributed by atoms with Crippen LogP contribution in [0.25, 0.3) is 0 Å². The van der Waals surface area contributed by atoms with Crippen molar-refractivity contribution in [3.05, 3.63) is 101 Å². The lowest BCUT2D eigenvalue weighted by Gasteiger charge is -2.44. The Kier molecular flexibility index (Phi) is 10.4. The van der Waals surface area contributed by atoms with Crippen molar-refractivity contribution in [3.63, 3.8) is 0 Å². The summed E-state index contributed by atoms with van der Waals surface area (Å²) in [6.45, 7) is 5.01.